The van der Waals surface area contributed by atoms with E-state index in [1.54, 1.807) is 7.11 Å². The molecule has 13 heavy (non-hydrogen) atoms. The van der Waals surface area contributed by atoms with Gasteiger partial charge < -0.3 is 4.74 Å². The van der Waals surface area contributed by atoms with Crippen LogP contribution in [-0.2, 0) is 4.74 Å². The van der Waals surface area contributed by atoms with E-state index in [2.05, 4.69) is 15.9 Å². The average molecular weight is 243 g/mol. The Morgan fingerprint density at radius 3 is 2.54 bits per heavy atom. The Bertz CT molecular complexity index is 279. The predicted molar refractivity (Wildman–Crippen MR) is 55.0 cm³/mol. The van der Waals surface area contributed by atoms with E-state index in [0.29, 0.717) is 13.0 Å². The molecule has 70 valence electrons. The first-order valence-corrected chi connectivity index (χ1v) is 4.81. The number of benzene rings is 1. The molecule has 0 aliphatic rings. The largest absolute Gasteiger partial charge is 0.384 e. The third-order valence-corrected chi connectivity index (χ3v) is 2.23. The van der Waals surface area contributed by atoms with Crippen LogP contribution in [0.4, 0.5) is 0 Å². The van der Waals surface area contributed by atoms with Crippen molar-refractivity contribution in [3.8, 4) is 0 Å². The van der Waals surface area contributed by atoms with Crippen molar-refractivity contribution in [3.05, 3.63) is 34.3 Å². The van der Waals surface area contributed by atoms with E-state index >= 15 is 0 Å². The average Bonchev–Trinajstić information content (AvgIpc) is 2.15. The summed E-state index contributed by atoms with van der Waals surface area (Å²) in [6, 6.07) is 7.34. The number of ketones is 1. The molecule has 0 N–H and O–H groups in total. The summed E-state index contributed by atoms with van der Waals surface area (Å²) in [5, 5.41) is 0. The first-order chi connectivity index (χ1) is 6.24. The van der Waals surface area contributed by atoms with Gasteiger partial charge in [0.05, 0.1) is 6.61 Å². The highest BCUT2D eigenvalue weighted by atomic mass is 79.9. The van der Waals surface area contributed by atoms with Crippen molar-refractivity contribution in [2.45, 2.75) is 6.42 Å². The van der Waals surface area contributed by atoms with Crippen molar-refractivity contribution < 1.29 is 9.53 Å². The molecule has 0 aromatic heterocycles. The molecule has 1 rings (SSSR count). The monoisotopic (exact) mass is 242 g/mol. The number of halogens is 1. The fourth-order valence-electron chi connectivity index (χ4n) is 0.975. The third kappa shape index (κ3) is 3.28. The van der Waals surface area contributed by atoms with Crippen LogP contribution in [0.25, 0.3) is 0 Å². The van der Waals surface area contributed by atoms with Crippen molar-refractivity contribution >= 4 is 21.7 Å². The number of hydrogen-bond donors (Lipinski definition) is 0. The second-order valence-corrected chi connectivity index (χ2v) is 3.59. The molecular formula is C10H11BrO2. The van der Waals surface area contributed by atoms with Gasteiger partial charge in [0.15, 0.2) is 5.78 Å². The van der Waals surface area contributed by atoms with Crippen molar-refractivity contribution in [1.29, 1.82) is 0 Å². The molecule has 0 unspecified atom stereocenters. The fraction of sp³-hybridized carbons (Fsp3) is 0.300. The van der Waals surface area contributed by atoms with Gasteiger partial charge in [-0.3, -0.25) is 4.79 Å². The van der Waals surface area contributed by atoms with Gasteiger partial charge in [0, 0.05) is 23.6 Å². The standard InChI is InChI=1S/C10H11BrO2/c1-13-7-6-10(12)8-2-4-9(11)5-3-8/h2-5H,6-7H2,1H3. The zero-order chi connectivity index (χ0) is 9.68. The van der Waals surface area contributed by atoms with E-state index in [9.17, 15) is 4.79 Å². The smallest absolute Gasteiger partial charge is 0.165 e. The van der Waals surface area contributed by atoms with E-state index in [4.69, 9.17) is 4.74 Å². The lowest BCUT2D eigenvalue weighted by Gasteiger charge is -1.99. The predicted octanol–water partition coefficient (Wildman–Crippen LogP) is 2.67. The molecule has 0 heterocycles. The van der Waals surface area contributed by atoms with Gasteiger partial charge in [0.25, 0.3) is 0 Å². The summed E-state index contributed by atoms with van der Waals surface area (Å²) < 4.78 is 5.81. The minimum Gasteiger partial charge on any atom is -0.384 e. The van der Waals surface area contributed by atoms with Crippen LogP contribution in [0.2, 0.25) is 0 Å². The van der Waals surface area contributed by atoms with Gasteiger partial charge in [-0.2, -0.15) is 0 Å². The maximum absolute atomic E-state index is 11.4. The maximum atomic E-state index is 11.4. The summed E-state index contributed by atoms with van der Waals surface area (Å²) in [5.74, 6) is 0.120. The maximum Gasteiger partial charge on any atom is 0.165 e. The number of carbonyl (C=O) groups excluding carboxylic acids is 1. The Kier molecular flexibility index (Phi) is 4.12. The van der Waals surface area contributed by atoms with Gasteiger partial charge in [-0.25, -0.2) is 0 Å². The first kappa shape index (κ1) is 10.4. The Morgan fingerprint density at radius 1 is 1.38 bits per heavy atom. The molecule has 3 heteroatoms. The van der Waals surface area contributed by atoms with Crippen LogP contribution in [0.3, 0.4) is 0 Å². The van der Waals surface area contributed by atoms with Gasteiger partial charge in [-0.15, -0.1) is 0 Å². The molecular weight excluding hydrogens is 232 g/mol. The van der Waals surface area contributed by atoms with Crippen LogP contribution in [0.5, 0.6) is 0 Å². The molecule has 1 aromatic carbocycles. The van der Waals surface area contributed by atoms with Crippen LogP contribution in [0.1, 0.15) is 16.8 Å². The van der Waals surface area contributed by atoms with Gasteiger partial charge in [-0.1, -0.05) is 28.1 Å². The van der Waals surface area contributed by atoms with Crippen molar-refractivity contribution in [2.24, 2.45) is 0 Å². The number of carbonyl (C=O) groups is 1. The van der Waals surface area contributed by atoms with Crippen molar-refractivity contribution in [3.63, 3.8) is 0 Å². The van der Waals surface area contributed by atoms with Gasteiger partial charge in [0.1, 0.15) is 0 Å². The molecule has 2 nitrogen and oxygen atoms in total. The Labute approximate surface area is 86.0 Å². The van der Waals surface area contributed by atoms with Crippen LogP contribution in [0, 0.1) is 0 Å². The molecule has 0 fully saturated rings. The van der Waals surface area contributed by atoms with Gasteiger partial charge in [0.2, 0.25) is 0 Å². The fourth-order valence-corrected chi connectivity index (χ4v) is 1.24. The first-order valence-electron chi connectivity index (χ1n) is 4.01. The number of hydrogen-bond acceptors (Lipinski definition) is 2. The zero-order valence-electron chi connectivity index (χ0n) is 7.42. The van der Waals surface area contributed by atoms with E-state index in [1.807, 2.05) is 24.3 Å². The van der Waals surface area contributed by atoms with Gasteiger partial charge in [-0.05, 0) is 12.1 Å². The quantitative estimate of drug-likeness (QED) is 0.760. The minimum atomic E-state index is 0.120. The molecule has 0 radical (unpaired) electrons. The Hall–Kier alpha value is -0.670. The Balaban J connectivity index is 2.61. The van der Waals surface area contributed by atoms with Crippen molar-refractivity contribution in [1.82, 2.24) is 0 Å². The lowest BCUT2D eigenvalue weighted by Crippen LogP contribution is -2.02. The number of Topliss-reactive ketones (excluding diaryl/α,β-unsaturated/α-hetero) is 1. The highest BCUT2D eigenvalue weighted by Crippen LogP contribution is 2.11. The summed E-state index contributed by atoms with van der Waals surface area (Å²) in [7, 11) is 1.59. The second-order valence-electron chi connectivity index (χ2n) is 2.67. The molecule has 0 bridgehead atoms. The summed E-state index contributed by atoms with van der Waals surface area (Å²) in [4.78, 5) is 11.4. The minimum absolute atomic E-state index is 0.120. The summed E-state index contributed by atoms with van der Waals surface area (Å²) in [6.45, 7) is 0.481. The van der Waals surface area contributed by atoms with Crippen LogP contribution < -0.4 is 0 Å². The highest BCUT2D eigenvalue weighted by molar-refractivity contribution is 9.10. The third-order valence-electron chi connectivity index (χ3n) is 1.70. The molecule has 0 aliphatic carbocycles. The second kappa shape index (κ2) is 5.14. The van der Waals surface area contributed by atoms with E-state index < -0.39 is 0 Å². The van der Waals surface area contributed by atoms with Gasteiger partial charge >= 0.3 is 0 Å². The molecule has 0 amide bonds. The molecule has 0 spiro atoms. The van der Waals surface area contributed by atoms with Crippen LogP contribution in [-0.4, -0.2) is 19.5 Å². The number of rotatable bonds is 4. The number of ether oxygens (including phenoxy) is 1. The molecule has 0 aliphatic heterocycles. The highest BCUT2D eigenvalue weighted by Gasteiger charge is 2.03. The van der Waals surface area contributed by atoms with Crippen LogP contribution >= 0.6 is 15.9 Å². The van der Waals surface area contributed by atoms with E-state index in [0.717, 1.165) is 10.0 Å². The molecule has 1 aromatic rings. The molecule has 0 saturated carbocycles. The number of methoxy groups -OCH3 is 1. The normalized spacial score (nSPS) is 10.0. The topological polar surface area (TPSA) is 26.3 Å². The summed E-state index contributed by atoms with van der Waals surface area (Å²) in [6.07, 6.45) is 0.443. The summed E-state index contributed by atoms with van der Waals surface area (Å²) in [5.41, 5.74) is 0.736. The molecule has 0 saturated heterocycles. The van der Waals surface area contributed by atoms with Crippen molar-refractivity contribution in [2.75, 3.05) is 13.7 Å². The van der Waals surface area contributed by atoms with E-state index in [-0.39, 0.29) is 5.78 Å². The zero-order valence-corrected chi connectivity index (χ0v) is 9.00. The Morgan fingerprint density at radius 2 is 2.00 bits per heavy atom. The SMILES string of the molecule is COCCC(=O)c1ccc(Br)cc1. The lowest BCUT2D eigenvalue weighted by molar-refractivity contribution is 0.0932. The lowest BCUT2D eigenvalue weighted by atomic mass is 10.1. The van der Waals surface area contributed by atoms with Crippen LogP contribution in [0.15, 0.2) is 28.7 Å². The summed E-state index contributed by atoms with van der Waals surface area (Å²) >= 11 is 3.31. The van der Waals surface area contributed by atoms with E-state index in [1.165, 1.54) is 0 Å². The molecule has 0 atom stereocenters.